The van der Waals surface area contributed by atoms with Gasteiger partial charge in [0.2, 0.25) is 0 Å². The summed E-state index contributed by atoms with van der Waals surface area (Å²) in [5.74, 6) is 1.24. The van der Waals surface area contributed by atoms with E-state index in [1.54, 1.807) is 12.1 Å². The Morgan fingerprint density at radius 2 is 2.00 bits per heavy atom. The highest BCUT2D eigenvalue weighted by Gasteiger charge is 2.27. The van der Waals surface area contributed by atoms with Gasteiger partial charge in [0.05, 0.1) is 5.52 Å². The van der Waals surface area contributed by atoms with Crippen LogP contribution in [0.2, 0.25) is 5.02 Å². The summed E-state index contributed by atoms with van der Waals surface area (Å²) < 4.78 is 13.2. The number of hydrogen-bond donors (Lipinski definition) is 2. The van der Waals surface area contributed by atoms with Crippen molar-refractivity contribution in [2.45, 2.75) is 18.8 Å². The number of nitrogens with one attached hydrogen (secondary N) is 2. The lowest BCUT2D eigenvalue weighted by Crippen LogP contribution is -2.29. The van der Waals surface area contributed by atoms with Gasteiger partial charge in [-0.1, -0.05) is 17.7 Å². The number of carbonyl (C=O) groups is 1. The van der Waals surface area contributed by atoms with Gasteiger partial charge in [0.1, 0.15) is 17.5 Å². The monoisotopic (exact) mass is 384 g/mol. The van der Waals surface area contributed by atoms with Crippen LogP contribution in [-0.4, -0.2) is 29.0 Å². The molecule has 1 heterocycles. The van der Waals surface area contributed by atoms with E-state index in [2.05, 4.69) is 20.6 Å². The van der Waals surface area contributed by atoms with E-state index in [0.29, 0.717) is 29.6 Å². The highest BCUT2D eigenvalue weighted by molar-refractivity contribution is 6.31. The Morgan fingerprint density at radius 1 is 1.15 bits per heavy atom. The highest BCUT2D eigenvalue weighted by atomic mass is 35.5. The lowest BCUT2D eigenvalue weighted by atomic mass is 10.2. The van der Waals surface area contributed by atoms with Crippen molar-refractivity contribution in [3.05, 3.63) is 64.7 Å². The summed E-state index contributed by atoms with van der Waals surface area (Å²) in [4.78, 5) is 21.3. The molecule has 1 aliphatic carbocycles. The summed E-state index contributed by atoms with van der Waals surface area (Å²) in [6.45, 7) is 0.868. The molecule has 0 unspecified atom stereocenters. The van der Waals surface area contributed by atoms with Crippen LogP contribution >= 0.6 is 11.6 Å². The van der Waals surface area contributed by atoms with Crippen LogP contribution < -0.4 is 10.6 Å². The maximum Gasteiger partial charge on any atom is 0.251 e. The second-order valence-electron chi connectivity index (χ2n) is 6.56. The first-order chi connectivity index (χ1) is 13.1. The molecule has 1 fully saturated rings. The van der Waals surface area contributed by atoms with Gasteiger partial charge in [0.15, 0.2) is 0 Å². The molecule has 1 aliphatic rings. The summed E-state index contributed by atoms with van der Waals surface area (Å²) in [6, 6.07) is 11.1. The van der Waals surface area contributed by atoms with Crippen molar-refractivity contribution < 1.29 is 9.18 Å². The Bertz CT molecular complexity index is 1010. The maximum atomic E-state index is 13.2. The average Bonchev–Trinajstić information content (AvgIpc) is 3.49. The first kappa shape index (κ1) is 17.7. The number of benzene rings is 2. The summed E-state index contributed by atoms with van der Waals surface area (Å²) in [7, 11) is 0. The fraction of sp³-hybridized carbons (Fsp3) is 0.250. The molecule has 0 bridgehead atoms. The third kappa shape index (κ3) is 4.17. The zero-order valence-corrected chi connectivity index (χ0v) is 15.3. The van der Waals surface area contributed by atoms with Crippen LogP contribution in [0.25, 0.3) is 10.9 Å². The van der Waals surface area contributed by atoms with Crippen LogP contribution in [0.5, 0.6) is 0 Å². The number of fused-ring (bicyclic) bond motifs is 1. The molecule has 1 saturated carbocycles. The van der Waals surface area contributed by atoms with E-state index in [1.165, 1.54) is 18.2 Å². The highest BCUT2D eigenvalue weighted by Crippen LogP contribution is 2.39. The number of amides is 1. The number of carbonyl (C=O) groups excluding carboxylic acids is 1. The molecule has 2 N–H and O–H groups in total. The molecule has 3 aromatic rings. The van der Waals surface area contributed by atoms with Gasteiger partial charge in [0.25, 0.3) is 5.91 Å². The van der Waals surface area contributed by atoms with E-state index in [1.807, 2.05) is 12.1 Å². The van der Waals surface area contributed by atoms with Crippen molar-refractivity contribution in [1.29, 1.82) is 0 Å². The van der Waals surface area contributed by atoms with Crippen molar-refractivity contribution in [2.24, 2.45) is 0 Å². The van der Waals surface area contributed by atoms with Crippen molar-refractivity contribution in [2.75, 3.05) is 18.4 Å². The molecule has 0 radical (unpaired) electrons. The topological polar surface area (TPSA) is 66.9 Å². The fourth-order valence-corrected chi connectivity index (χ4v) is 3.03. The molecule has 0 atom stereocenters. The molecule has 5 nitrogen and oxygen atoms in total. The molecular formula is C20H18ClFN4O. The smallest absolute Gasteiger partial charge is 0.251 e. The number of rotatable bonds is 6. The van der Waals surface area contributed by atoms with Crippen LogP contribution in [0.1, 0.15) is 34.9 Å². The second-order valence-corrected chi connectivity index (χ2v) is 7.00. The number of halogens is 2. The number of hydrogen-bond acceptors (Lipinski definition) is 4. The van der Waals surface area contributed by atoms with Gasteiger partial charge in [-0.2, -0.15) is 0 Å². The van der Waals surface area contributed by atoms with Gasteiger partial charge in [-0.05, 0) is 49.2 Å². The lowest BCUT2D eigenvalue weighted by Gasteiger charge is -2.11. The molecule has 27 heavy (non-hydrogen) atoms. The van der Waals surface area contributed by atoms with Crippen molar-refractivity contribution in [3.63, 3.8) is 0 Å². The molecule has 138 valence electrons. The van der Waals surface area contributed by atoms with Gasteiger partial charge in [-0.15, -0.1) is 0 Å². The Morgan fingerprint density at radius 3 is 2.78 bits per heavy atom. The van der Waals surface area contributed by atoms with Crippen LogP contribution in [0.4, 0.5) is 10.2 Å². The average molecular weight is 385 g/mol. The predicted octanol–water partition coefficient (Wildman–Crippen LogP) is 4.14. The SMILES string of the molecule is O=C(NCCNc1nc(C2CC2)nc2cc(Cl)ccc12)c1cccc(F)c1. The minimum absolute atomic E-state index is 0.299. The summed E-state index contributed by atoms with van der Waals surface area (Å²) in [5, 5.41) is 7.56. The number of aromatic nitrogens is 2. The standard InChI is InChI=1S/C20H18ClFN4O/c21-14-6-7-16-17(11-14)25-18(12-4-5-12)26-19(16)23-8-9-24-20(27)13-2-1-3-15(22)10-13/h1-3,6-7,10-12H,4-5,8-9H2,(H,24,27)(H,23,25,26). The summed E-state index contributed by atoms with van der Waals surface area (Å²) in [5.41, 5.74) is 1.11. The van der Waals surface area contributed by atoms with Crippen LogP contribution in [0.3, 0.4) is 0 Å². The molecular weight excluding hydrogens is 367 g/mol. The number of nitrogens with zero attached hydrogens (tertiary/aromatic N) is 2. The van der Waals surface area contributed by atoms with Crippen molar-refractivity contribution in [3.8, 4) is 0 Å². The Labute approximate surface area is 161 Å². The minimum atomic E-state index is -0.431. The fourth-order valence-electron chi connectivity index (χ4n) is 2.87. The van der Waals surface area contributed by atoms with Gasteiger partial charge in [-0.25, -0.2) is 14.4 Å². The van der Waals surface area contributed by atoms with Crippen LogP contribution in [0.15, 0.2) is 42.5 Å². The molecule has 4 rings (SSSR count). The molecule has 7 heteroatoms. The van der Waals surface area contributed by atoms with E-state index in [4.69, 9.17) is 11.6 Å². The molecule has 0 aliphatic heterocycles. The van der Waals surface area contributed by atoms with E-state index in [0.717, 1.165) is 35.4 Å². The van der Waals surface area contributed by atoms with Crippen LogP contribution in [0, 0.1) is 5.82 Å². The summed E-state index contributed by atoms with van der Waals surface area (Å²) in [6.07, 6.45) is 2.21. The Balaban J connectivity index is 1.43. The van der Waals surface area contributed by atoms with E-state index >= 15 is 0 Å². The maximum absolute atomic E-state index is 13.2. The molecule has 2 aromatic carbocycles. The first-order valence-electron chi connectivity index (χ1n) is 8.85. The zero-order valence-electron chi connectivity index (χ0n) is 14.5. The van der Waals surface area contributed by atoms with Gasteiger partial charge in [0, 0.05) is 35.0 Å². The molecule has 1 aromatic heterocycles. The van der Waals surface area contributed by atoms with Gasteiger partial charge >= 0.3 is 0 Å². The Kier molecular flexibility index (Phi) is 4.90. The third-order valence-electron chi connectivity index (χ3n) is 4.41. The second kappa shape index (κ2) is 7.48. The van der Waals surface area contributed by atoms with E-state index in [9.17, 15) is 9.18 Å². The third-order valence-corrected chi connectivity index (χ3v) is 4.64. The zero-order chi connectivity index (χ0) is 18.8. The lowest BCUT2D eigenvalue weighted by molar-refractivity contribution is 0.0954. The van der Waals surface area contributed by atoms with E-state index in [-0.39, 0.29) is 5.91 Å². The largest absolute Gasteiger partial charge is 0.368 e. The first-order valence-corrected chi connectivity index (χ1v) is 9.23. The summed E-state index contributed by atoms with van der Waals surface area (Å²) >= 11 is 6.09. The molecule has 1 amide bonds. The number of anilines is 1. The van der Waals surface area contributed by atoms with Crippen molar-refractivity contribution >= 4 is 34.2 Å². The quantitative estimate of drug-likeness (QED) is 0.627. The van der Waals surface area contributed by atoms with Gasteiger partial charge in [-0.3, -0.25) is 4.79 Å². The van der Waals surface area contributed by atoms with E-state index < -0.39 is 5.82 Å². The molecule has 0 spiro atoms. The normalized spacial score (nSPS) is 13.6. The minimum Gasteiger partial charge on any atom is -0.368 e. The van der Waals surface area contributed by atoms with Crippen molar-refractivity contribution in [1.82, 2.24) is 15.3 Å². The Hall–Kier alpha value is -2.73. The predicted molar refractivity (Wildman–Crippen MR) is 104 cm³/mol. The van der Waals surface area contributed by atoms with Gasteiger partial charge < -0.3 is 10.6 Å². The molecule has 0 saturated heterocycles. The van der Waals surface area contributed by atoms with Crippen LogP contribution in [-0.2, 0) is 0 Å².